The molecular weight excluding hydrogens is 350 g/mol. The Morgan fingerprint density at radius 3 is 2.77 bits per heavy atom. The number of benzene rings is 1. The summed E-state index contributed by atoms with van der Waals surface area (Å²) in [5.74, 6) is 0.539. The fraction of sp³-hybridized carbons (Fsp3) is 0.600. The highest BCUT2D eigenvalue weighted by atomic mass is 35.5. The molecule has 2 aliphatic rings. The molecule has 1 N–H and O–H groups in total. The van der Waals surface area contributed by atoms with E-state index in [9.17, 15) is 9.59 Å². The molecule has 0 aromatic heterocycles. The topological polar surface area (TPSA) is 52.7 Å². The molecule has 1 heterocycles. The number of urea groups is 1. The van der Waals surface area contributed by atoms with E-state index in [2.05, 4.69) is 26.1 Å². The molecule has 2 atom stereocenters. The molecular formula is C20H28ClN3O2. The highest BCUT2D eigenvalue weighted by Gasteiger charge is 2.34. The number of halogens is 1. The van der Waals surface area contributed by atoms with Crippen molar-refractivity contribution in [1.29, 1.82) is 0 Å². The minimum atomic E-state index is -0.139. The van der Waals surface area contributed by atoms with Gasteiger partial charge in [0.2, 0.25) is 5.91 Å². The van der Waals surface area contributed by atoms with Gasteiger partial charge < -0.3 is 10.2 Å². The molecule has 6 heteroatoms. The Morgan fingerprint density at radius 2 is 2.08 bits per heavy atom. The number of amides is 3. The van der Waals surface area contributed by atoms with Gasteiger partial charge in [0.1, 0.15) is 6.54 Å². The van der Waals surface area contributed by atoms with Crippen molar-refractivity contribution in [2.24, 2.45) is 11.3 Å². The zero-order valence-electron chi connectivity index (χ0n) is 15.8. The number of hydrogen-bond donors (Lipinski definition) is 1. The van der Waals surface area contributed by atoms with E-state index in [1.807, 2.05) is 12.1 Å². The van der Waals surface area contributed by atoms with E-state index in [1.54, 1.807) is 21.9 Å². The molecule has 1 aromatic rings. The molecule has 1 saturated carbocycles. The lowest BCUT2D eigenvalue weighted by Crippen LogP contribution is -2.47. The van der Waals surface area contributed by atoms with Crippen LogP contribution in [0.1, 0.15) is 40.0 Å². The third-order valence-electron chi connectivity index (χ3n) is 5.30. The maximum Gasteiger partial charge on any atom is 0.325 e. The molecule has 1 saturated heterocycles. The summed E-state index contributed by atoms with van der Waals surface area (Å²) in [4.78, 5) is 28.4. The van der Waals surface area contributed by atoms with E-state index in [0.717, 1.165) is 18.5 Å². The number of hydrogen-bond acceptors (Lipinski definition) is 2. The third-order valence-corrected chi connectivity index (χ3v) is 5.54. The Hall–Kier alpha value is -1.75. The molecule has 2 fully saturated rings. The highest BCUT2D eigenvalue weighted by Crippen LogP contribution is 2.38. The molecule has 5 nitrogen and oxygen atoms in total. The molecule has 1 aromatic carbocycles. The first kappa shape index (κ1) is 19.0. The van der Waals surface area contributed by atoms with Crippen LogP contribution in [0, 0.1) is 11.3 Å². The maximum atomic E-state index is 12.6. The van der Waals surface area contributed by atoms with Crippen molar-refractivity contribution in [3.63, 3.8) is 0 Å². The van der Waals surface area contributed by atoms with E-state index in [4.69, 9.17) is 11.6 Å². The van der Waals surface area contributed by atoms with Crippen molar-refractivity contribution in [2.75, 3.05) is 24.5 Å². The van der Waals surface area contributed by atoms with Gasteiger partial charge in [-0.15, -0.1) is 0 Å². The second kappa shape index (κ2) is 7.47. The quantitative estimate of drug-likeness (QED) is 0.864. The van der Waals surface area contributed by atoms with Gasteiger partial charge >= 0.3 is 6.03 Å². The lowest BCUT2D eigenvalue weighted by atomic mass is 9.70. The molecule has 3 rings (SSSR count). The Kier molecular flexibility index (Phi) is 5.47. The first-order valence-electron chi connectivity index (χ1n) is 9.35. The Bertz CT molecular complexity index is 691. The summed E-state index contributed by atoms with van der Waals surface area (Å²) in [6.45, 7) is 7.99. The second-order valence-corrected chi connectivity index (χ2v) is 8.95. The Morgan fingerprint density at radius 1 is 1.31 bits per heavy atom. The van der Waals surface area contributed by atoms with Gasteiger partial charge in [-0.3, -0.25) is 9.69 Å². The van der Waals surface area contributed by atoms with Crippen LogP contribution in [-0.2, 0) is 4.79 Å². The SMILES string of the molecule is CC1CC(NC(=O)CN2CCN(c3cccc(Cl)c3)C2=O)CC(C)(C)C1. The van der Waals surface area contributed by atoms with Crippen molar-refractivity contribution < 1.29 is 9.59 Å². The largest absolute Gasteiger partial charge is 0.352 e. The van der Waals surface area contributed by atoms with Gasteiger partial charge in [0.15, 0.2) is 0 Å². The summed E-state index contributed by atoms with van der Waals surface area (Å²) in [7, 11) is 0. The Labute approximate surface area is 160 Å². The fourth-order valence-electron chi connectivity index (χ4n) is 4.52. The standard InChI is InChI=1S/C20H28ClN3O2/c1-14-9-16(12-20(2,3)11-14)22-18(25)13-23-7-8-24(19(23)26)17-6-4-5-15(21)10-17/h4-6,10,14,16H,7-9,11-13H2,1-3H3,(H,22,25). The summed E-state index contributed by atoms with van der Waals surface area (Å²) >= 11 is 6.02. The smallest absolute Gasteiger partial charge is 0.325 e. The van der Waals surface area contributed by atoms with Gasteiger partial charge in [-0.2, -0.15) is 0 Å². The molecule has 142 valence electrons. The molecule has 3 amide bonds. The first-order chi connectivity index (χ1) is 12.2. The molecule has 0 bridgehead atoms. The van der Waals surface area contributed by atoms with E-state index >= 15 is 0 Å². The summed E-state index contributed by atoms with van der Waals surface area (Å²) in [5.41, 5.74) is 1.02. The van der Waals surface area contributed by atoms with E-state index in [1.165, 1.54) is 6.42 Å². The molecule has 0 radical (unpaired) electrons. The number of carbonyl (C=O) groups is 2. The predicted octanol–water partition coefficient (Wildman–Crippen LogP) is 3.91. The number of rotatable bonds is 4. The minimum absolute atomic E-state index is 0.0683. The molecule has 1 aliphatic heterocycles. The van der Waals surface area contributed by atoms with Crippen molar-refractivity contribution in [3.05, 3.63) is 29.3 Å². The summed E-state index contributed by atoms with van der Waals surface area (Å²) in [6.07, 6.45) is 3.20. The van der Waals surface area contributed by atoms with Crippen LogP contribution in [0.3, 0.4) is 0 Å². The highest BCUT2D eigenvalue weighted by molar-refractivity contribution is 6.30. The van der Waals surface area contributed by atoms with Crippen LogP contribution in [0.5, 0.6) is 0 Å². The van der Waals surface area contributed by atoms with E-state index in [-0.39, 0.29) is 29.9 Å². The van der Waals surface area contributed by atoms with Crippen LogP contribution in [0.15, 0.2) is 24.3 Å². The molecule has 1 aliphatic carbocycles. The molecule has 2 unspecified atom stereocenters. The van der Waals surface area contributed by atoms with Crippen LogP contribution in [0.4, 0.5) is 10.5 Å². The van der Waals surface area contributed by atoms with Crippen molar-refractivity contribution in [2.45, 2.75) is 46.1 Å². The number of nitrogens with zero attached hydrogens (tertiary/aromatic N) is 2. The van der Waals surface area contributed by atoms with Gasteiger partial charge in [0.05, 0.1) is 0 Å². The monoisotopic (exact) mass is 377 g/mol. The van der Waals surface area contributed by atoms with Crippen molar-refractivity contribution >= 4 is 29.2 Å². The first-order valence-corrected chi connectivity index (χ1v) is 9.73. The van der Waals surface area contributed by atoms with E-state index < -0.39 is 0 Å². The number of anilines is 1. The van der Waals surface area contributed by atoms with Crippen molar-refractivity contribution in [1.82, 2.24) is 10.2 Å². The molecule has 0 spiro atoms. The zero-order valence-corrected chi connectivity index (χ0v) is 16.6. The third kappa shape index (κ3) is 4.50. The molecule has 26 heavy (non-hydrogen) atoms. The van der Waals surface area contributed by atoms with Gasteiger partial charge in [-0.1, -0.05) is 38.4 Å². The van der Waals surface area contributed by atoms with Crippen LogP contribution >= 0.6 is 11.6 Å². The van der Waals surface area contributed by atoms with Crippen molar-refractivity contribution in [3.8, 4) is 0 Å². The average molecular weight is 378 g/mol. The zero-order chi connectivity index (χ0) is 18.9. The second-order valence-electron chi connectivity index (χ2n) is 8.51. The summed E-state index contributed by atoms with van der Waals surface area (Å²) in [6, 6.07) is 7.30. The van der Waals surface area contributed by atoms with Gasteiger partial charge in [0.25, 0.3) is 0 Å². The minimum Gasteiger partial charge on any atom is -0.352 e. The number of nitrogens with one attached hydrogen (secondary N) is 1. The van der Waals surface area contributed by atoms with E-state index in [0.29, 0.717) is 24.0 Å². The Balaban J connectivity index is 1.56. The maximum absolute atomic E-state index is 12.6. The van der Waals surface area contributed by atoms with Gasteiger partial charge in [-0.05, 0) is 48.8 Å². The predicted molar refractivity (Wildman–Crippen MR) is 104 cm³/mol. The fourth-order valence-corrected chi connectivity index (χ4v) is 4.70. The lowest BCUT2D eigenvalue weighted by Gasteiger charge is -2.39. The average Bonchev–Trinajstić information content (AvgIpc) is 2.86. The van der Waals surface area contributed by atoms with Crippen LogP contribution in [0.2, 0.25) is 5.02 Å². The number of carbonyl (C=O) groups excluding carboxylic acids is 2. The van der Waals surface area contributed by atoms with Crippen LogP contribution in [0.25, 0.3) is 0 Å². The van der Waals surface area contributed by atoms with Gasteiger partial charge in [0, 0.05) is 29.8 Å². The lowest BCUT2D eigenvalue weighted by molar-refractivity contribution is -0.122. The van der Waals surface area contributed by atoms with Crippen LogP contribution < -0.4 is 10.2 Å². The van der Waals surface area contributed by atoms with Gasteiger partial charge in [-0.25, -0.2) is 4.79 Å². The van der Waals surface area contributed by atoms with Crippen LogP contribution in [-0.4, -0.2) is 42.5 Å². The summed E-state index contributed by atoms with van der Waals surface area (Å²) in [5, 5.41) is 3.74. The normalized spacial score (nSPS) is 25.5. The summed E-state index contributed by atoms with van der Waals surface area (Å²) < 4.78 is 0.